The molecule has 0 N–H and O–H groups in total. The number of hydrogen-bond acceptors (Lipinski definition) is 3. The van der Waals surface area contributed by atoms with Gasteiger partial charge in [0.05, 0.1) is 6.10 Å². The summed E-state index contributed by atoms with van der Waals surface area (Å²) in [4.78, 5) is 23.4. The Balaban J connectivity index is 3.85. The zero-order valence-electron chi connectivity index (χ0n) is 8.53. The van der Waals surface area contributed by atoms with Crippen LogP contribution in [0.1, 0.15) is 20.8 Å². The number of carbonyl (C=O) groups excluding carboxylic acids is 2. The first-order valence-electron chi connectivity index (χ1n) is 4.21. The van der Waals surface area contributed by atoms with Crippen LogP contribution in [0.3, 0.4) is 0 Å². The van der Waals surface area contributed by atoms with E-state index in [9.17, 15) is 9.59 Å². The van der Waals surface area contributed by atoms with E-state index in [2.05, 4.69) is 0 Å². The molecule has 0 atom stereocenters. The molecule has 0 aliphatic heterocycles. The fourth-order valence-corrected chi connectivity index (χ4v) is 0.792. The summed E-state index contributed by atoms with van der Waals surface area (Å²) >= 11 is 0. The summed E-state index contributed by atoms with van der Waals surface area (Å²) in [5.41, 5.74) is 0. The van der Waals surface area contributed by atoms with Crippen molar-refractivity contribution in [3.63, 3.8) is 0 Å². The molecule has 0 fully saturated rings. The maximum absolute atomic E-state index is 11.1. The van der Waals surface area contributed by atoms with Crippen molar-refractivity contribution in [2.45, 2.75) is 26.9 Å². The fourth-order valence-electron chi connectivity index (χ4n) is 0.792. The summed E-state index contributed by atoms with van der Waals surface area (Å²) in [6.45, 7) is 5.17. The maximum atomic E-state index is 11.1. The Bertz CT molecular complexity index is 189. The van der Waals surface area contributed by atoms with Crippen LogP contribution < -0.4 is 0 Å². The number of esters is 1. The van der Waals surface area contributed by atoms with E-state index in [1.807, 2.05) is 0 Å². The Morgan fingerprint density at radius 2 is 2.00 bits per heavy atom. The minimum atomic E-state index is -0.382. The summed E-state index contributed by atoms with van der Waals surface area (Å²) in [5.74, 6) is -0.562. The second kappa shape index (κ2) is 5.56. The third-order valence-corrected chi connectivity index (χ3v) is 1.36. The molecule has 0 rings (SSSR count). The minimum absolute atomic E-state index is 0.00134. The number of likely N-dealkylation sites (N-methyl/N-ethyl adjacent to an activating group) is 1. The highest BCUT2D eigenvalue weighted by Gasteiger charge is 2.12. The number of carbonyl (C=O) groups is 2. The Kier molecular flexibility index (Phi) is 5.11. The van der Waals surface area contributed by atoms with Crippen molar-refractivity contribution in [2.75, 3.05) is 13.6 Å². The molecule has 0 spiro atoms. The highest BCUT2D eigenvalue weighted by Crippen LogP contribution is 1.93. The molecule has 0 aliphatic carbocycles. The van der Waals surface area contributed by atoms with Crippen molar-refractivity contribution in [3.8, 4) is 0 Å². The molecule has 0 aromatic rings. The summed E-state index contributed by atoms with van der Waals surface area (Å²) in [6, 6.07) is 0. The maximum Gasteiger partial charge on any atom is 0.325 e. The summed E-state index contributed by atoms with van der Waals surface area (Å²) < 4.78 is 4.87. The molecule has 1 amide bonds. The first-order chi connectivity index (χ1) is 5.97. The molecule has 75 valence electrons. The van der Waals surface area contributed by atoms with Gasteiger partial charge in [0, 0.05) is 13.5 Å². The third-order valence-electron chi connectivity index (χ3n) is 1.36. The van der Waals surface area contributed by atoms with E-state index in [4.69, 9.17) is 4.74 Å². The van der Waals surface area contributed by atoms with E-state index in [1.54, 1.807) is 27.8 Å². The van der Waals surface area contributed by atoms with Crippen molar-refractivity contribution in [2.24, 2.45) is 0 Å². The zero-order valence-corrected chi connectivity index (χ0v) is 8.53. The van der Waals surface area contributed by atoms with Crippen LogP contribution >= 0.6 is 0 Å². The van der Waals surface area contributed by atoms with Crippen LogP contribution in [0.5, 0.6) is 0 Å². The van der Waals surface area contributed by atoms with Gasteiger partial charge < -0.3 is 9.64 Å². The highest BCUT2D eigenvalue weighted by atomic mass is 16.5. The smallest absolute Gasteiger partial charge is 0.325 e. The Hall–Kier alpha value is -1.06. The molecule has 0 saturated carbocycles. The second-order valence-electron chi connectivity index (χ2n) is 3.02. The van der Waals surface area contributed by atoms with Crippen LogP contribution in [-0.2, 0) is 14.3 Å². The number of amides is 1. The van der Waals surface area contributed by atoms with Gasteiger partial charge in [0.25, 0.3) is 0 Å². The van der Waals surface area contributed by atoms with E-state index in [1.165, 1.54) is 11.3 Å². The largest absolute Gasteiger partial charge is 0.462 e. The Labute approximate surface area is 78.9 Å². The van der Waals surface area contributed by atoms with Crippen LogP contribution in [0.25, 0.3) is 0 Å². The number of nitrogens with zero attached hydrogens (tertiary/aromatic N) is 1. The van der Waals surface area contributed by atoms with Gasteiger partial charge in [-0.15, -0.1) is 0 Å². The molecule has 0 aromatic carbocycles. The molecule has 0 heterocycles. The highest BCUT2D eigenvalue weighted by molar-refractivity contribution is 5.87. The molecule has 0 aliphatic rings. The lowest BCUT2D eigenvalue weighted by Gasteiger charge is -2.16. The van der Waals surface area contributed by atoms with Gasteiger partial charge in [-0.05, 0) is 13.8 Å². The molecular formula is C9H16NO3. The molecule has 4 nitrogen and oxygen atoms in total. The quantitative estimate of drug-likeness (QED) is 0.605. The average Bonchev–Trinajstić information content (AvgIpc) is 2.01. The van der Waals surface area contributed by atoms with Crippen LogP contribution in [0.15, 0.2) is 0 Å². The molecule has 0 bridgehead atoms. The normalized spacial score (nSPS) is 9.92. The number of rotatable bonds is 4. The van der Waals surface area contributed by atoms with Gasteiger partial charge in [-0.1, -0.05) is 6.92 Å². The second-order valence-corrected chi connectivity index (χ2v) is 3.02. The van der Waals surface area contributed by atoms with Crippen molar-refractivity contribution in [1.82, 2.24) is 4.90 Å². The van der Waals surface area contributed by atoms with E-state index in [-0.39, 0.29) is 24.5 Å². The van der Waals surface area contributed by atoms with Crippen molar-refractivity contribution < 1.29 is 14.3 Å². The van der Waals surface area contributed by atoms with Gasteiger partial charge in [-0.25, -0.2) is 0 Å². The van der Waals surface area contributed by atoms with Crippen LogP contribution in [-0.4, -0.2) is 36.5 Å². The topological polar surface area (TPSA) is 46.6 Å². The van der Waals surface area contributed by atoms with Crippen molar-refractivity contribution >= 4 is 11.9 Å². The van der Waals surface area contributed by atoms with Gasteiger partial charge in [0.1, 0.15) is 6.54 Å². The average molecular weight is 186 g/mol. The van der Waals surface area contributed by atoms with Gasteiger partial charge in [-0.3, -0.25) is 9.59 Å². The Morgan fingerprint density at radius 1 is 1.46 bits per heavy atom. The predicted molar refractivity (Wildman–Crippen MR) is 48.8 cm³/mol. The summed E-state index contributed by atoms with van der Waals surface area (Å²) in [7, 11) is 1.56. The van der Waals surface area contributed by atoms with Gasteiger partial charge in [-0.2, -0.15) is 0 Å². The molecule has 13 heavy (non-hydrogen) atoms. The molecule has 0 unspecified atom stereocenters. The summed E-state index contributed by atoms with van der Waals surface area (Å²) in [5, 5.41) is 0. The van der Waals surface area contributed by atoms with E-state index in [0.717, 1.165) is 0 Å². The van der Waals surface area contributed by atoms with Crippen LogP contribution in [0.2, 0.25) is 0 Å². The fraction of sp³-hybridized carbons (Fsp3) is 0.667. The zero-order chi connectivity index (χ0) is 10.4. The molecule has 0 aromatic heterocycles. The van der Waals surface area contributed by atoms with Crippen molar-refractivity contribution in [1.29, 1.82) is 0 Å². The standard InChI is InChI=1S/C9H16NO3/c1-5-8(11)10(4)6-9(12)13-7(2)3/h5,7H,6H2,1-4H3. The minimum Gasteiger partial charge on any atom is -0.462 e. The lowest BCUT2D eigenvalue weighted by molar-refractivity contribution is -0.151. The molecule has 1 radical (unpaired) electrons. The van der Waals surface area contributed by atoms with Gasteiger partial charge in [0.15, 0.2) is 0 Å². The molecule has 0 saturated heterocycles. The molecular weight excluding hydrogens is 170 g/mol. The van der Waals surface area contributed by atoms with Gasteiger partial charge in [0.2, 0.25) is 5.91 Å². The first kappa shape index (κ1) is 11.9. The van der Waals surface area contributed by atoms with E-state index in [0.29, 0.717) is 0 Å². The van der Waals surface area contributed by atoms with Gasteiger partial charge >= 0.3 is 5.97 Å². The number of ether oxygens (including phenoxy) is 1. The van der Waals surface area contributed by atoms with Crippen LogP contribution in [0, 0.1) is 6.42 Å². The predicted octanol–water partition coefficient (Wildman–Crippen LogP) is 0.621. The lowest BCUT2D eigenvalue weighted by Crippen LogP contribution is -2.33. The Morgan fingerprint density at radius 3 is 2.38 bits per heavy atom. The van der Waals surface area contributed by atoms with E-state index < -0.39 is 0 Å². The van der Waals surface area contributed by atoms with Crippen molar-refractivity contribution in [3.05, 3.63) is 6.42 Å². The first-order valence-corrected chi connectivity index (χ1v) is 4.21. The number of hydrogen-bond donors (Lipinski definition) is 0. The lowest BCUT2D eigenvalue weighted by atomic mass is 10.4. The molecule has 4 heteroatoms. The summed E-state index contributed by atoms with van der Waals surface area (Å²) in [6.07, 6.45) is 1.27. The monoisotopic (exact) mass is 186 g/mol. The van der Waals surface area contributed by atoms with E-state index >= 15 is 0 Å². The van der Waals surface area contributed by atoms with Crippen LogP contribution in [0.4, 0.5) is 0 Å². The SMILES string of the molecule is C[CH]C(=O)N(C)CC(=O)OC(C)C. The third kappa shape index (κ3) is 5.22.